The van der Waals surface area contributed by atoms with Crippen molar-refractivity contribution in [2.45, 2.75) is 32.7 Å². The van der Waals surface area contributed by atoms with Crippen LogP contribution in [-0.4, -0.2) is 6.54 Å². The lowest BCUT2D eigenvalue weighted by molar-refractivity contribution is 0.472. The number of nitrogens with one attached hydrogen (secondary N) is 1. The first-order valence-corrected chi connectivity index (χ1v) is 6.84. The Hall–Kier alpha value is -0.850. The van der Waals surface area contributed by atoms with Crippen LogP contribution in [0.5, 0.6) is 0 Å². The van der Waals surface area contributed by atoms with Gasteiger partial charge in [0.05, 0.1) is 5.56 Å². The predicted molar refractivity (Wildman–Crippen MR) is 67.2 cm³/mol. The maximum absolute atomic E-state index is 8.71. The lowest BCUT2D eigenvalue weighted by Crippen LogP contribution is -2.20. The molecule has 2 nitrogen and oxygen atoms in total. The Morgan fingerprint density at radius 1 is 1.56 bits per heavy atom. The first-order chi connectivity index (χ1) is 7.78. The van der Waals surface area contributed by atoms with Gasteiger partial charge in [0.25, 0.3) is 0 Å². The van der Waals surface area contributed by atoms with Gasteiger partial charge in [0.2, 0.25) is 0 Å². The highest BCUT2D eigenvalue weighted by molar-refractivity contribution is 7.10. The molecule has 86 valence electrons. The van der Waals surface area contributed by atoms with Crippen molar-refractivity contribution in [1.82, 2.24) is 5.32 Å². The summed E-state index contributed by atoms with van der Waals surface area (Å²) in [6.45, 7) is 4.39. The zero-order valence-electron chi connectivity index (χ0n) is 9.70. The number of hydrogen-bond acceptors (Lipinski definition) is 3. The molecule has 0 amide bonds. The van der Waals surface area contributed by atoms with E-state index in [9.17, 15) is 0 Å². The van der Waals surface area contributed by atoms with E-state index < -0.39 is 0 Å². The Bertz CT molecular complexity index is 378. The lowest BCUT2D eigenvalue weighted by atomic mass is 10.1. The van der Waals surface area contributed by atoms with E-state index in [0.29, 0.717) is 0 Å². The second kappa shape index (κ2) is 5.47. The molecule has 1 aromatic heterocycles. The van der Waals surface area contributed by atoms with Crippen molar-refractivity contribution < 1.29 is 0 Å². The summed E-state index contributed by atoms with van der Waals surface area (Å²) in [4.78, 5) is 1.27. The van der Waals surface area contributed by atoms with Crippen LogP contribution in [0.2, 0.25) is 0 Å². The molecule has 2 unspecified atom stereocenters. The van der Waals surface area contributed by atoms with Crippen LogP contribution in [0.15, 0.2) is 11.4 Å². The summed E-state index contributed by atoms with van der Waals surface area (Å²) in [7, 11) is 0. The van der Waals surface area contributed by atoms with Crippen LogP contribution >= 0.6 is 11.3 Å². The highest BCUT2D eigenvalue weighted by atomic mass is 32.1. The Morgan fingerprint density at radius 3 is 3.06 bits per heavy atom. The highest BCUT2D eigenvalue weighted by Crippen LogP contribution is 2.29. The van der Waals surface area contributed by atoms with Crippen molar-refractivity contribution in [3.63, 3.8) is 0 Å². The first-order valence-electron chi connectivity index (χ1n) is 5.96. The van der Waals surface area contributed by atoms with Crippen LogP contribution in [0.4, 0.5) is 0 Å². The molecule has 0 aromatic carbocycles. The molecule has 0 bridgehead atoms. The Kier molecular flexibility index (Phi) is 3.98. The second-order valence-electron chi connectivity index (χ2n) is 4.83. The number of rotatable bonds is 4. The molecule has 0 radical (unpaired) electrons. The smallest absolute Gasteiger partial charge is 0.100 e. The number of nitrogens with zero attached hydrogens (tertiary/aromatic N) is 1. The summed E-state index contributed by atoms with van der Waals surface area (Å²) in [5.41, 5.74) is 0.788. The van der Waals surface area contributed by atoms with Gasteiger partial charge in [0, 0.05) is 16.8 Å². The Morgan fingerprint density at radius 2 is 2.44 bits per heavy atom. The van der Waals surface area contributed by atoms with E-state index in [1.54, 1.807) is 11.3 Å². The summed E-state index contributed by atoms with van der Waals surface area (Å²) < 4.78 is 0. The van der Waals surface area contributed by atoms with E-state index in [4.69, 9.17) is 5.26 Å². The lowest BCUT2D eigenvalue weighted by Gasteiger charge is -2.09. The van der Waals surface area contributed by atoms with Crippen LogP contribution in [0.25, 0.3) is 0 Å². The fourth-order valence-corrected chi connectivity index (χ4v) is 3.22. The molecule has 1 fully saturated rings. The molecule has 3 heteroatoms. The molecule has 1 aromatic rings. The van der Waals surface area contributed by atoms with Crippen molar-refractivity contribution in [3.8, 4) is 6.07 Å². The van der Waals surface area contributed by atoms with E-state index in [1.165, 1.54) is 24.1 Å². The number of hydrogen-bond donors (Lipinski definition) is 1. The molecule has 0 aliphatic heterocycles. The molecule has 1 aliphatic carbocycles. The van der Waals surface area contributed by atoms with Gasteiger partial charge in [-0.15, -0.1) is 11.3 Å². The van der Waals surface area contributed by atoms with E-state index in [2.05, 4.69) is 18.3 Å². The van der Waals surface area contributed by atoms with Crippen LogP contribution in [-0.2, 0) is 6.54 Å². The second-order valence-corrected chi connectivity index (χ2v) is 5.82. The molecule has 0 saturated heterocycles. The SMILES string of the molecule is CC1CCC(CNCc2cc(C#N)cs2)C1. The zero-order valence-corrected chi connectivity index (χ0v) is 10.5. The average Bonchev–Trinajstić information content (AvgIpc) is 2.88. The molecule has 1 N–H and O–H groups in total. The van der Waals surface area contributed by atoms with Gasteiger partial charge >= 0.3 is 0 Å². The minimum absolute atomic E-state index is 0.788. The Balaban J connectivity index is 1.70. The van der Waals surface area contributed by atoms with Crippen LogP contribution in [0.3, 0.4) is 0 Å². The van der Waals surface area contributed by atoms with Gasteiger partial charge in [-0.25, -0.2) is 0 Å². The topological polar surface area (TPSA) is 35.8 Å². The monoisotopic (exact) mass is 234 g/mol. The molecular weight excluding hydrogens is 216 g/mol. The normalized spacial score (nSPS) is 24.5. The van der Waals surface area contributed by atoms with E-state index >= 15 is 0 Å². The van der Waals surface area contributed by atoms with Gasteiger partial charge in [-0.05, 0) is 37.3 Å². The van der Waals surface area contributed by atoms with E-state index in [0.717, 1.165) is 30.5 Å². The van der Waals surface area contributed by atoms with Gasteiger partial charge in [-0.2, -0.15) is 5.26 Å². The third-order valence-electron chi connectivity index (χ3n) is 3.32. The van der Waals surface area contributed by atoms with Crippen LogP contribution < -0.4 is 5.32 Å². The molecule has 2 atom stereocenters. The first kappa shape index (κ1) is 11.6. The summed E-state index contributed by atoms with van der Waals surface area (Å²) in [5.74, 6) is 1.78. The third kappa shape index (κ3) is 3.07. The molecule has 0 spiro atoms. The number of nitriles is 1. The van der Waals surface area contributed by atoms with Crippen molar-refractivity contribution in [1.29, 1.82) is 5.26 Å². The fraction of sp³-hybridized carbons (Fsp3) is 0.615. The van der Waals surface area contributed by atoms with Crippen molar-refractivity contribution in [2.24, 2.45) is 11.8 Å². The summed E-state index contributed by atoms with van der Waals surface area (Å²) in [6.07, 6.45) is 4.15. The van der Waals surface area contributed by atoms with Gasteiger partial charge in [-0.3, -0.25) is 0 Å². The van der Waals surface area contributed by atoms with Crippen LogP contribution in [0, 0.1) is 23.2 Å². The molecular formula is C13H18N2S. The van der Waals surface area contributed by atoms with Crippen molar-refractivity contribution in [2.75, 3.05) is 6.54 Å². The average molecular weight is 234 g/mol. The van der Waals surface area contributed by atoms with E-state index in [-0.39, 0.29) is 0 Å². The minimum atomic E-state index is 0.788. The van der Waals surface area contributed by atoms with Crippen molar-refractivity contribution in [3.05, 3.63) is 21.9 Å². The molecule has 16 heavy (non-hydrogen) atoms. The third-order valence-corrected chi connectivity index (χ3v) is 4.26. The fourth-order valence-electron chi connectivity index (χ4n) is 2.44. The van der Waals surface area contributed by atoms with Gasteiger partial charge in [0.1, 0.15) is 6.07 Å². The summed E-state index contributed by atoms with van der Waals surface area (Å²) >= 11 is 1.67. The minimum Gasteiger partial charge on any atom is -0.312 e. The zero-order chi connectivity index (χ0) is 11.4. The van der Waals surface area contributed by atoms with Gasteiger partial charge < -0.3 is 5.32 Å². The maximum atomic E-state index is 8.71. The maximum Gasteiger partial charge on any atom is 0.100 e. The quantitative estimate of drug-likeness (QED) is 0.868. The van der Waals surface area contributed by atoms with Gasteiger partial charge in [-0.1, -0.05) is 13.3 Å². The largest absolute Gasteiger partial charge is 0.312 e. The summed E-state index contributed by atoms with van der Waals surface area (Å²) in [6, 6.07) is 4.15. The highest BCUT2D eigenvalue weighted by Gasteiger charge is 2.20. The van der Waals surface area contributed by atoms with E-state index in [1.807, 2.05) is 11.4 Å². The molecule has 1 aliphatic rings. The molecule has 2 rings (SSSR count). The predicted octanol–water partition coefficient (Wildman–Crippen LogP) is 3.15. The Labute approximate surface area is 101 Å². The van der Waals surface area contributed by atoms with Gasteiger partial charge in [0.15, 0.2) is 0 Å². The summed E-state index contributed by atoms with van der Waals surface area (Å²) in [5, 5.41) is 14.1. The molecule has 1 heterocycles. The van der Waals surface area contributed by atoms with Crippen molar-refractivity contribution >= 4 is 11.3 Å². The van der Waals surface area contributed by atoms with Crippen LogP contribution in [0.1, 0.15) is 36.6 Å². The molecule has 1 saturated carbocycles. The number of thiophene rings is 1. The standard InChI is InChI=1S/C13H18N2S/c1-10-2-3-11(4-10)7-15-8-13-5-12(6-14)9-16-13/h5,9-11,15H,2-4,7-8H2,1H3.